The van der Waals surface area contributed by atoms with E-state index in [4.69, 9.17) is 22.1 Å². The zero-order valence-electron chi connectivity index (χ0n) is 9.27. The number of anilines is 1. The molecule has 0 spiro atoms. The van der Waals surface area contributed by atoms with E-state index in [1.807, 2.05) is 10.6 Å². The number of nitrogen functional groups attached to an aromatic ring is 1. The van der Waals surface area contributed by atoms with Crippen molar-refractivity contribution in [3.63, 3.8) is 0 Å². The number of aromatic nitrogens is 3. The number of pyridine rings is 1. The van der Waals surface area contributed by atoms with Crippen LogP contribution in [0.5, 0.6) is 0 Å². The van der Waals surface area contributed by atoms with E-state index in [1.165, 1.54) is 0 Å². The summed E-state index contributed by atoms with van der Waals surface area (Å²) in [6.07, 6.45) is 1.87. The highest BCUT2D eigenvalue weighted by atomic mass is 35.5. The molecule has 0 atom stereocenters. The van der Waals surface area contributed by atoms with Gasteiger partial charge in [0.2, 0.25) is 5.95 Å². The maximum absolute atomic E-state index is 5.96. The minimum atomic E-state index is 0.305. The van der Waals surface area contributed by atoms with Crippen LogP contribution < -0.4 is 5.73 Å². The molecule has 2 aromatic heterocycles. The van der Waals surface area contributed by atoms with Gasteiger partial charge in [0, 0.05) is 19.3 Å². The normalized spacial score (nSPS) is 17.7. The van der Waals surface area contributed by atoms with Crippen LogP contribution in [-0.2, 0) is 4.74 Å². The molecule has 0 unspecified atom stereocenters. The molecule has 90 valence electrons. The lowest BCUT2D eigenvalue weighted by atomic mass is 10.1. The fraction of sp³-hybridized carbons (Fsp3) is 0.455. The van der Waals surface area contributed by atoms with E-state index in [1.54, 1.807) is 6.07 Å². The summed E-state index contributed by atoms with van der Waals surface area (Å²) < 4.78 is 7.33. The third-order valence-corrected chi connectivity index (χ3v) is 3.30. The van der Waals surface area contributed by atoms with Crippen LogP contribution in [0.2, 0.25) is 5.15 Å². The van der Waals surface area contributed by atoms with Gasteiger partial charge < -0.3 is 10.5 Å². The fourth-order valence-electron chi connectivity index (χ4n) is 2.27. The Morgan fingerprint density at radius 2 is 2.06 bits per heavy atom. The Kier molecular flexibility index (Phi) is 2.64. The summed E-state index contributed by atoms with van der Waals surface area (Å²) in [5.74, 6) is 0.502. The van der Waals surface area contributed by atoms with E-state index in [0.29, 0.717) is 17.1 Å². The molecule has 0 aliphatic carbocycles. The Morgan fingerprint density at radius 3 is 2.82 bits per heavy atom. The molecule has 3 heterocycles. The lowest BCUT2D eigenvalue weighted by Crippen LogP contribution is -2.21. The van der Waals surface area contributed by atoms with Crippen molar-refractivity contribution in [2.75, 3.05) is 18.9 Å². The van der Waals surface area contributed by atoms with Gasteiger partial charge in [-0.05, 0) is 25.0 Å². The van der Waals surface area contributed by atoms with Crippen molar-refractivity contribution in [3.05, 3.63) is 17.3 Å². The first-order valence-electron chi connectivity index (χ1n) is 5.63. The van der Waals surface area contributed by atoms with Gasteiger partial charge >= 0.3 is 0 Å². The number of fused-ring (bicyclic) bond motifs is 1. The highest BCUT2D eigenvalue weighted by Crippen LogP contribution is 2.28. The van der Waals surface area contributed by atoms with Crippen molar-refractivity contribution >= 4 is 28.7 Å². The summed E-state index contributed by atoms with van der Waals surface area (Å²) in [5.41, 5.74) is 7.52. The molecule has 17 heavy (non-hydrogen) atoms. The molecule has 0 radical (unpaired) electrons. The quantitative estimate of drug-likeness (QED) is 0.789. The van der Waals surface area contributed by atoms with Crippen LogP contribution in [0.15, 0.2) is 12.1 Å². The minimum absolute atomic E-state index is 0.305. The number of hydrogen-bond acceptors (Lipinski definition) is 4. The van der Waals surface area contributed by atoms with Gasteiger partial charge in [-0.25, -0.2) is 9.97 Å². The van der Waals surface area contributed by atoms with Crippen molar-refractivity contribution in [3.8, 4) is 0 Å². The minimum Gasteiger partial charge on any atom is -0.381 e. The van der Waals surface area contributed by atoms with Crippen LogP contribution in [-0.4, -0.2) is 27.7 Å². The van der Waals surface area contributed by atoms with E-state index < -0.39 is 0 Å². The molecule has 1 aliphatic heterocycles. The number of halogens is 1. The second kappa shape index (κ2) is 4.16. The van der Waals surface area contributed by atoms with E-state index >= 15 is 0 Å². The molecule has 6 heteroatoms. The Hall–Kier alpha value is -1.33. The standard InChI is InChI=1S/C11H13ClN4O/c12-9-2-1-8-10(15-9)16(11(13)14-8)7-3-5-17-6-4-7/h1-2,7H,3-6H2,(H2,13,14). The maximum atomic E-state index is 5.96. The smallest absolute Gasteiger partial charge is 0.202 e. The summed E-state index contributed by atoms with van der Waals surface area (Å²) >= 11 is 5.92. The highest BCUT2D eigenvalue weighted by molar-refractivity contribution is 6.29. The molecule has 1 aliphatic rings. The molecule has 5 nitrogen and oxygen atoms in total. The van der Waals surface area contributed by atoms with Gasteiger partial charge in [0.1, 0.15) is 10.7 Å². The second-order valence-electron chi connectivity index (χ2n) is 4.16. The predicted octanol–water partition coefficient (Wildman–Crippen LogP) is 2.02. The van der Waals surface area contributed by atoms with Crippen molar-refractivity contribution in [1.82, 2.24) is 14.5 Å². The molecule has 1 saturated heterocycles. The predicted molar refractivity (Wildman–Crippen MR) is 66.0 cm³/mol. The van der Waals surface area contributed by atoms with E-state index in [2.05, 4.69) is 9.97 Å². The molecule has 0 saturated carbocycles. The number of imidazole rings is 1. The van der Waals surface area contributed by atoms with E-state index in [-0.39, 0.29) is 0 Å². The van der Waals surface area contributed by atoms with Crippen molar-refractivity contribution in [1.29, 1.82) is 0 Å². The zero-order chi connectivity index (χ0) is 11.8. The summed E-state index contributed by atoms with van der Waals surface area (Å²) in [6.45, 7) is 1.51. The Bertz CT molecular complexity index is 548. The summed E-state index contributed by atoms with van der Waals surface area (Å²) in [7, 11) is 0. The monoisotopic (exact) mass is 252 g/mol. The molecule has 2 aromatic rings. The van der Waals surface area contributed by atoms with Crippen molar-refractivity contribution in [2.24, 2.45) is 0 Å². The third kappa shape index (κ3) is 1.85. The molecular formula is C11H13ClN4O. The second-order valence-corrected chi connectivity index (χ2v) is 4.55. The molecule has 1 fully saturated rings. The van der Waals surface area contributed by atoms with Crippen LogP contribution in [0.4, 0.5) is 5.95 Å². The van der Waals surface area contributed by atoms with Gasteiger partial charge in [0.15, 0.2) is 5.65 Å². The lowest BCUT2D eigenvalue weighted by Gasteiger charge is -2.24. The van der Waals surface area contributed by atoms with Crippen LogP contribution in [0.1, 0.15) is 18.9 Å². The van der Waals surface area contributed by atoms with Crippen molar-refractivity contribution in [2.45, 2.75) is 18.9 Å². The van der Waals surface area contributed by atoms with Gasteiger partial charge in [0.25, 0.3) is 0 Å². The van der Waals surface area contributed by atoms with Gasteiger partial charge in [-0.1, -0.05) is 11.6 Å². The highest BCUT2D eigenvalue weighted by Gasteiger charge is 2.21. The molecule has 0 aromatic carbocycles. The molecule has 2 N–H and O–H groups in total. The first kappa shape index (κ1) is 10.8. The van der Waals surface area contributed by atoms with E-state index in [9.17, 15) is 0 Å². The topological polar surface area (TPSA) is 66.0 Å². The SMILES string of the molecule is Nc1nc2ccc(Cl)nc2n1C1CCOCC1. The first-order valence-corrected chi connectivity index (χ1v) is 6.01. The average molecular weight is 253 g/mol. The molecule has 0 amide bonds. The Labute approximate surface area is 104 Å². The largest absolute Gasteiger partial charge is 0.381 e. The summed E-state index contributed by atoms with van der Waals surface area (Å²) in [4.78, 5) is 8.62. The number of hydrogen-bond donors (Lipinski definition) is 1. The van der Waals surface area contributed by atoms with Crippen LogP contribution in [0, 0.1) is 0 Å². The van der Waals surface area contributed by atoms with Crippen LogP contribution >= 0.6 is 11.6 Å². The van der Waals surface area contributed by atoms with Gasteiger partial charge in [-0.2, -0.15) is 0 Å². The van der Waals surface area contributed by atoms with Crippen LogP contribution in [0.25, 0.3) is 11.2 Å². The number of nitrogens with zero attached hydrogens (tertiary/aromatic N) is 3. The van der Waals surface area contributed by atoms with Gasteiger partial charge in [0.05, 0.1) is 0 Å². The lowest BCUT2D eigenvalue weighted by molar-refractivity contribution is 0.0710. The van der Waals surface area contributed by atoms with E-state index in [0.717, 1.165) is 37.2 Å². The van der Waals surface area contributed by atoms with Gasteiger partial charge in [-0.3, -0.25) is 4.57 Å². The number of nitrogens with two attached hydrogens (primary N) is 1. The van der Waals surface area contributed by atoms with Crippen molar-refractivity contribution < 1.29 is 4.74 Å². The van der Waals surface area contributed by atoms with Crippen LogP contribution in [0.3, 0.4) is 0 Å². The average Bonchev–Trinajstić information content (AvgIpc) is 2.65. The molecular weight excluding hydrogens is 240 g/mol. The first-order chi connectivity index (χ1) is 8.25. The Balaban J connectivity index is 2.13. The molecule has 3 rings (SSSR count). The number of ether oxygens (including phenoxy) is 1. The fourth-order valence-corrected chi connectivity index (χ4v) is 2.41. The third-order valence-electron chi connectivity index (χ3n) is 3.09. The van der Waals surface area contributed by atoms with Gasteiger partial charge in [-0.15, -0.1) is 0 Å². The summed E-state index contributed by atoms with van der Waals surface area (Å²) in [5, 5.41) is 0.464. The Morgan fingerprint density at radius 1 is 1.29 bits per heavy atom. The molecule has 0 bridgehead atoms. The number of rotatable bonds is 1. The summed E-state index contributed by atoms with van der Waals surface area (Å²) in [6, 6.07) is 3.88. The maximum Gasteiger partial charge on any atom is 0.202 e. The zero-order valence-corrected chi connectivity index (χ0v) is 10.0.